The SMILES string of the molecule is CCc1cc(N(C)c2ccc3nc(C)nc(NCc4ccc(C(F)F)cn4)c3c2)cnc1OC. The summed E-state index contributed by atoms with van der Waals surface area (Å²) in [5.74, 6) is 1.91. The highest BCUT2D eigenvalue weighted by Crippen LogP contribution is 2.31. The molecule has 1 aromatic carbocycles. The molecule has 0 bridgehead atoms. The molecule has 4 aromatic rings. The Kier molecular flexibility index (Phi) is 6.81. The molecule has 34 heavy (non-hydrogen) atoms. The van der Waals surface area contributed by atoms with Crippen LogP contribution in [0.3, 0.4) is 0 Å². The Labute approximate surface area is 196 Å². The smallest absolute Gasteiger partial charge is 0.265 e. The van der Waals surface area contributed by atoms with Crippen molar-refractivity contribution in [2.75, 3.05) is 24.4 Å². The molecule has 0 radical (unpaired) electrons. The number of nitrogens with one attached hydrogen (secondary N) is 1. The molecule has 0 fully saturated rings. The molecule has 0 aliphatic carbocycles. The summed E-state index contributed by atoms with van der Waals surface area (Å²) >= 11 is 0. The predicted molar refractivity (Wildman–Crippen MR) is 129 cm³/mol. The van der Waals surface area contributed by atoms with Crippen molar-refractivity contribution >= 4 is 28.1 Å². The minimum absolute atomic E-state index is 0.0981. The monoisotopic (exact) mass is 464 g/mol. The Bertz CT molecular complexity index is 1300. The standard InChI is InChI=1S/C25H26F2N6O/c1-5-16-10-20(14-30-25(16)34-4)33(3)19-8-9-22-21(11-19)24(32-15(2)31-22)29-13-18-7-6-17(12-28-18)23(26)27/h6-12,14,23H,5,13H2,1-4H3,(H,29,31,32). The summed E-state index contributed by atoms with van der Waals surface area (Å²) in [4.78, 5) is 19.7. The summed E-state index contributed by atoms with van der Waals surface area (Å²) in [6.45, 7) is 4.24. The largest absolute Gasteiger partial charge is 0.481 e. The molecule has 0 saturated heterocycles. The maximum Gasteiger partial charge on any atom is 0.265 e. The number of nitrogens with zero attached hydrogens (tertiary/aromatic N) is 5. The van der Waals surface area contributed by atoms with Gasteiger partial charge in [-0.15, -0.1) is 0 Å². The molecule has 0 aliphatic rings. The van der Waals surface area contributed by atoms with Gasteiger partial charge in [0.1, 0.15) is 11.6 Å². The third-order valence-electron chi connectivity index (χ3n) is 5.59. The zero-order valence-electron chi connectivity index (χ0n) is 19.5. The van der Waals surface area contributed by atoms with Gasteiger partial charge in [-0.1, -0.05) is 6.92 Å². The minimum Gasteiger partial charge on any atom is -0.481 e. The highest BCUT2D eigenvalue weighted by Gasteiger charge is 2.13. The highest BCUT2D eigenvalue weighted by molar-refractivity contribution is 5.92. The zero-order valence-corrected chi connectivity index (χ0v) is 19.5. The lowest BCUT2D eigenvalue weighted by Gasteiger charge is -2.21. The number of rotatable bonds is 8. The lowest BCUT2D eigenvalue weighted by molar-refractivity contribution is 0.151. The first kappa shape index (κ1) is 23.3. The molecule has 176 valence electrons. The number of methoxy groups -OCH3 is 1. The number of anilines is 3. The summed E-state index contributed by atoms with van der Waals surface area (Å²) < 4.78 is 30.9. The first-order valence-corrected chi connectivity index (χ1v) is 10.9. The van der Waals surface area contributed by atoms with E-state index in [1.807, 2.05) is 37.1 Å². The highest BCUT2D eigenvalue weighted by atomic mass is 19.3. The van der Waals surface area contributed by atoms with Gasteiger partial charge < -0.3 is 15.0 Å². The van der Waals surface area contributed by atoms with Gasteiger partial charge in [0.15, 0.2) is 0 Å². The number of ether oxygens (including phenoxy) is 1. The fraction of sp³-hybridized carbons (Fsp3) is 0.280. The van der Waals surface area contributed by atoms with Crippen molar-refractivity contribution in [3.63, 3.8) is 0 Å². The fourth-order valence-electron chi connectivity index (χ4n) is 3.67. The van der Waals surface area contributed by atoms with Crippen LogP contribution in [-0.4, -0.2) is 34.1 Å². The second-order valence-electron chi connectivity index (χ2n) is 7.83. The predicted octanol–water partition coefficient (Wildman–Crippen LogP) is 5.62. The first-order chi connectivity index (χ1) is 16.4. The molecular formula is C25H26F2N6O. The van der Waals surface area contributed by atoms with Gasteiger partial charge in [-0.2, -0.15) is 0 Å². The molecule has 7 nitrogen and oxygen atoms in total. The van der Waals surface area contributed by atoms with Crippen LogP contribution in [0.5, 0.6) is 5.88 Å². The molecule has 4 rings (SSSR count). The molecule has 9 heteroatoms. The number of pyridine rings is 2. The number of hydrogen-bond donors (Lipinski definition) is 1. The molecule has 0 aliphatic heterocycles. The molecule has 0 spiro atoms. The van der Waals surface area contributed by atoms with Gasteiger partial charge in [0.05, 0.1) is 36.7 Å². The number of fused-ring (bicyclic) bond motifs is 1. The van der Waals surface area contributed by atoms with Crippen molar-refractivity contribution in [3.05, 3.63) is 71.4 Å². The van der Waals surface area contributed by atoms with E-state index >= 15 is 0 Å². The topological polar surface area (TPSA) is 76.1 Å². The normalized spacial score (nSPS) is 11.1. The van der Waals surface area contributed by atoms with Crippen LogP contribution in [0, 0.1) is 6.92 Å². The van der Waals surface area contributed by atoms with Crippen molar-refractivity contribution in [3.8, 4) is 5.88 Å². The number of hydrogen-bond acceptors (Lipinski definition) is 7. The van der Waals surface area contributed by atoms with E-state index in [-0.39, 0.29) is 5.56 Å². The number of aromatic nitrogens is 4. The van der Waals surface area contributed by atoms with Gasteiger partial charge >= 0.3 is 0 Å². The summed E-state index contributed by atoms with van der Waals surface area (Å²) in [6, 6.07) is 11.0. The number of benzene rings is 1. The second-order valence-corrected chi connectivity index (χ2v) is 7.83. The van der Waals surface area contributed by atoms with Crippen LogP contribution in [0.25, 0.3) is 10.9 Å². The van der Waals surface area contributed by atoms with E-state index in [0.29, 0.717) is 29.8 Å². The van der Waals surface area contributed by atoms with E-state index < -0.39 is 6.43 Å². The molecule has 0 amide bonds. The maximum atomic E-state index is 12.8. The van der Waals surface area contributed by atoms with E-state index in [0.717, 1.165) is 34.3 Å². The molecular weight excluding hydrogens is 438 g/mol. The van der Waals surface area contributed by atoms with E-state index in [2.05, 4.69) is 38.2 Å². The molecule has 3 aromatic heterocycles. The number of alkyl halides is 2. The zero-order chi connectivity index (χ0) is 24.2. The van der Waals surface area contributed by atoms with Crippen molar-refractivity contribution in [2.24, 2.45) is 0 Å². The lowest BCUT2D eigenvalue weighted by atomic mass is 10.1. The number of halogens is 2. The van der Waals surface area contributed by atoms with Gasteiger partial charge in [-0.05, 0) is 49.7 Å². The van der Waals surface area contributed by atoms with Crippen LogP contribution in [0.1, 0.15) is 36.0 Å². The summed E-state index contributed by atoms with van der Waals surface area (Å²) in [5.41, 5.74) is 4.24. The molecule has 3 heterocycles. The first-order valence-electron chi connectivity index (χ1n) is 10.9. The Morgan fingerprint density at radius 3 is 2.53 bits per heavy atom. The van der Waals surface area contributed by atoms with Crippen molar-refractivity contribution in [1.82, 2.24) is 19.9 Å². The van der Waals surface area contributed by atoms with Crippen molar-refractivity contribution in [2.45, 2.75) is 33.2 Å². The Balaban J connectivity index is 1.63. The Morgan fingerprint density at radius 2 is 1.85 bits per heavy atom. The molecule has 1 N–H and O–H groups in total. The van der Waals surface area contributed by atoms with Gasteiger partial charge in [0, 0.05) is 35.4 Å². The minimum atomic E-state index is -2.53. The maximum absolute atomic E-state index is 12.8. The van der Waals surface area contributed by atoms with Gasteiger partial charge in [-0.3, -0.25) is 4.98 Å². The van der Waals surface area contributed by atoms with Crippen molar-refractivity contribution < 1.29 is 13.5 Å². The van der Waals surface area contributed by atoms with Crippen LogP contribution in [0.4, 0.5) is 26.0 Å². The van der Waals surface area contributed by atoms with E-state index in [1.165, 1.54) is 12.3 Å². The molecule has 0 saturated carbocycles. The third kappa shape index (κ3) is 4.88. The van der Waals surface area contributed by atoms with Crippen LogP contribution in [0.15, 0.2) is 48.8 Å². The quantitative estimate of drug-likeness (QED) is 0.363. The summed E-state index contributed by atoms with van der Waals surface area (Å²) in [5, 5.41) is 4.13. The van der Waals surface area contributed by atoms with Gasteiger partial charge in [-0.25, -0.2) is 23.7 Å². The Morgan fingerprint density at radius 1 is 1.03 bits per heavy atom. The second kappa shape index (κ2) is 9.94. The lowest BCUT2D eigenvalue weighted by Crippen LogP contribution is -2.11. The van der Waals surface area contributed by atoms with Crippen molar-refractivity contribution in [1.29, 1.82) is 0 Å². The van der Waals surface area contributed by atoms with Crippen LogP contribution >= 0.6 is 0 Å². The summed E-state index contributed by atoms with van der Waals surface area (Å²) in [6.07, 6.45) is 1.25. The third-order valence-corrected chi connectivity index (χ3v) is 5.59. The van der Waals surface area contributed by atoms with Crippen LogP contribution in [-0.2, 0) is 13.0 Å². The van der Waals surface area contributed by atoms with Gasteiger partial charge in [0.25, 0.3) is 6.43 Å². The van der Waals surface area contributed by atoms with Crippen LogP contribution < -0.4 is 15.0 Å². The average Bonchev–Trinajstić information content (AvgIpc) is 2.86. The fourth-order valence-corrected chi connectivity index (χ4v) is 3.67. The van der Waals surface area contributed by atoms with E-state index in [1.54, 1.807) is 19.4 Å². The van der Waals surface area contributed by atoms with Crippen LogP contribution in [0.2, 0.25) is 0 Å². The molecule has 0 atom stereocenters. The average molecular weight is 465 g/mol. The summed E-state index contributed by atoms with van der Waals surface area (Å²) in [7, 11) is 3.59. The van der Waals surface area contributed by atoms with E-state index in [9.17, 15) is 8.78 Å². The molecule has 0 unspecified atom stereocenters. The Hall–Kier alpha value is -3.88. The number of aryl methyl sites for hydroxylation is 2. The van der Waals surface area contributed by atoms with Gasteiger partial charge in [0.2, 0.25) is 5.88 Å². The van der Waals surface area contributed by atoms with E-state index in [4.69, 9.17) is 4.74 Å².